The Morgan fingerprint density at radius 3 is 2.71 bits per heavy atom. The van der Waals surface area contributed by atoms with E-state index in [1.165, 1.54) is 11.1 Å². The molecule has 0 saturated carbocycles. The van der Waals surface area contributed by atoms with Gasteiger partial charge < -0.3 is 5.11 Å². The number of anilines is 1. The first kappa shape index (κ1) is 14.6. The van der Waals surface area contributed by atoms with E-state index in [4.69, 9.17) is 5.11 Å². The van der Waals surface area contributed by atoms with Gasteiger partial charge in [0.2, 0.25) is 0 Å². The number of hydrogen-bond acceptors (Lipinski definition) is 4. The number of aliphatic carboxylic acids is 1. The summed E-state index contributed by atoms with van der Waals surface area (Å²) in [6.07, 6.45) is 4.46. The van der Waals surface area contributed by atoms with E-state index < -0.39 is 5.97 Å². The van der Waals surface area contributed by atoms with E-state index in [0.29, 0.717) is 11.4 Å². The van der Waals surface area contributed by atoms with Crippen LogP contribution in [0.1, 0.15) is 22.3 Å². The van der Waals surface area contributed by atoms with E-state index in [9.17, 15) is 9.59 Å². The maximum Gasteiger partial charge on any atom is 0.305 e. The van der Waals surface area contributed by atoms with Crippen molar-refractivity contribution >= 4 is 17.7 Å². The van der Waals surface area contributed by atoms with Crippen LogP contribution < -0.4 is 4.90 Å². The number of amides is 1. The maximum atomic E-state index is 12.5. The Kier molecular flexibility index (Phi) is 4.61. The Bertz CT molecular complexity index is 644. The first-order chi connectivity index (χ1) is 10.1. The second-order valence-corrected chi connectivity index (χ2v) is 4.53. The first-order valence-electron chi connectivity index (χ1n) is 6.44. The Hall–Kier alpha value is -2.76. The van der Waals surface area contributed by atoms with E-state index in [0.717, 1.165) is 5.56 Å². The molecule has 0 aliphatic heterocycles. The van der Waals surface area contributed by atoms with Gasteiger partial charge in [0.15, 0.2) is 0 Å². The lowest BCUT2D eigenvalue weighted by molar-refractivity contribution is -0.136. The lowest BCUT2D eigenvalue weighted by Gasteiger charge is -2.21. The zero-order valence-electron chi connectivity index (χ0n) is 11.6. The van der Waals surface area contributed by atoms with Crippen LogP contribution in [0.15, 0.2) is 42.9 Å². The van der Waals surface area contributed by atoms with E-state index >= 15 is 0 Å². The summed E-state index contributed by atoms with van der Waals surface area (Å²) in [6, 6.07) is 6.86. The van der Waals surface area contributed by atoms with Crippen LogP contribution in [0, 0.1) is 6.92 Å². The number of nitrogens with zero attached hydrogens (tertiary/aromatic N) is 3. The zero-order valence-corrected chi connectivity index (χ0v) is 11.6. The molecule has 21 heavy (non-hydrogen) atoms. The molecule has 0 spiro atoms. The van der Waals surface area contributed by atoms with Gasteiger partial charge in [-0.15, -0.1) is 0 Å². The molecule has 0 bridgehead atoms. The number of rotatable bonds is 5. The molecule has 108 valence electrons. The van der Waals surface area contributed by atoms with Gasteiger partial charge in [-0.25, -0.2) is 4.98 Å². The number of carboxylic acid groups (broad SMARTS) is 1. The van der Waals surface area contributed by atoms with E-state index in [-0.39, 0.29) is 18.9 Å². The highest BCUT2D eigenvalue weighted by Gasteiger charge is 2.19. The SMILES string of the molecule is Cc1ccnc(N(CCC(=O)O)C(=O)c2cccnc2)c1. The predicted octanol–water partition coefficient (Wildman–Crippen LogP) is 1.91. The van der Waals surface area contributed by atoms with Crippen LogP contribution in [0.3, 0.4) is 0 Å². The first-order valence-corrected chi connectivity index (χ1v) is 6.44. The van der Waals surface area contributed by atoms with Crippen molar-refractivity contribution in [3.63, 3.8) is 0 Å². The Morgan fingerprint density at radius 1 is 1.29 bits per heavy atom. The number of pyridine rings is 2. The molecule has 1 amide bonds. The minimum Gasteiger partial charge on any atom is -0.481 e. The van der Waals surface area contributed by atoms with Gasteiger partial charge in [0, 0.05) is 25.1 Å². The molecular weight excluding hydrogens is 270 g/mol. The average molecular weight is 285 g/mol. The number of aromatic nitrogens is 2. The topological polar surface area (TPSA) is 83.4 Å². The van der Waals surface area contributed by atoms with Gasteiger partial charge in [0.05, 0.1) is 12.0 Å². The summed E-state index contributed by atoms with van der Waals surface area (Å²) >= 11 is 0. The van der Waals surface area contributed by atoms with Crippen LogP contribution >= 0.6 is 0 Å². The summed E-state index contributed by atoms with van der Waals surface area (Å²) < 4.78 is 0. The molecule has 0 unspecified atom stereocenters. The van der Waals surface area contributed by atoms with Crippen LogP contribution in [0.4, 0.5) is 5.82 Å². The van der Waals surface area contributed by atoms with Gasteiger partial charge in [0.25, 0.3) is 5.91 Å². The van der Waals surface area contributed by atoms with Crippen molar-refractivity contribution in [2.75, 3.05) is 11.4 Å². The van der Waals surface area contributed by atoms with E-state index in [2.05, 4.69) is 9.97 Å². The average Bonchev–Trinajstić information content (AvgIpc) is 2.48. The number of carbonyl (C=O) groups is 2. The molecule has 2 aromatic heterocycles. The molecule has 0 aromatic carbocycles. The lowest BCUT2D eigenvalue weighted by atomic mass is 10.2. The van der Waals surface area contributed by atoms with Crippen LogP contribution in [0.5, 0.6) is 0 Å². The largest absolute Gasteiger partial charge is 0.481 e. The number of carboxylic acids is 1. The van der Waals surface area contributed by atoms with Crippen LogP contribution in [-0.4, -0.2) is 33.5 Å². The van der Waals surface area contributed by atoms with Gasteiger partial charge in [-0.3, -0.25) is 19.5 Å². The van der Waals surface area contributed by atoms with Crippen molar-refractivity contribution in [2.24, 2.45) is 0 Å². The van der Waals surface area contributed by atoms with Crippen molar-refractivity contribution in [3.05, 3.63) is 54.0 Å². The molecule has 6 nitrogen and oxygen atoms in total. The number of hydrogen-bond donors (Lipinski definition) is 1. The van der Waals surface area contributed by atoms with Gasteiger partial charge in [0.1, 0.15) is 5.82 Å². The predicted molar refractivity (Wildman–Crippen MR) is 77.1 cm³/mol. The Labute approximate surface area is 122 Å². The van der Waals surface area contributed by atoms with E-state index in [1.807, 2.05) is 13.0 Å². The maximum absolute atomic E-state index is 12.5. The smallest absolute Gasteiger partial charge is 0.305 e. The summed E-state index contributed by atoms with van der Waals surface area (Å²) in [5.41, 5.74) is 1.34. The summed E-state index contributed by atoms with van der Waals surface area (Å²) in [5, 5.41) is 8.85. The highest BCUT2D eigenvalue weighted by Crippen LogP contribution is 2.16. The molecule has 0 saturated heterocycles. The Morgan fingerprint density at radius 2 is 2.10 bits per heavy atom. The highest BCUT2D eigenvalue weighted by atomic mass is 16.4. The van der Waals surface area contributed by atoms with Crippen LogP contribution in [0.2, 0.25) is 0 Å². The van der Waals surface area contributed by atoms with Crippen molar-refractivity contribution in [1.29, 1.82) is 0 Å². The van der Waals surface area contributed by atoms with Gasteiger partial charge in [-0.05, 0) is 36.8 Å². The molecule has 1 N–H and O–H groups in total. The number of carbonyl (C=O) groups excluding carboxylic acids is 1. The Balaban J connectivity index is 2.32. The van der Waals surface area contributed by atoms with E-state index in [1.54, 1.807) is 30.6 Å². The fourth-order valence-electron chi connectivity index (χ4n) is 1.84. The molecule has 0 fully saturated rings. The fraction of sp³-hybridized carbons (Fsp3) is 0.200. The molecule has 2 heterocycles. The van der Waals surface area contributed by atoms with Gasteiger partial charge >= 0.3 is 5.97 Å². The van der Waals surface area contributed by atoms with Gasteiger partial charge in [-0.1, -0.05) is 0 Å². The lowest BCUT2D eigenvalue weighted by Crippen LogP contribution is -2.33. The standard InChI is InChI=1S/C15H15N3O3/c1-11-4-7-17-13(9-11)18(8-5-14(19)20)15(21)12-3-2-6-16-10-12/h2-4,6-7,9-10H,5,8H2,1H3,(H,19,20). The zero-order chi connectivity index (χ0) is 15.2. The monoisotopic (exact) mass is 285 g/mol. The second-order valence-electron chi connectivity index (χ2n) is 4.53. The van der Waals surface area contributed by atoms with Crippen LogP contribution in [-0.2, 0) is 4.79 Å². The quantitative estimate of drug-likeness (QED) is 0.907. The molecule has 0 aliphatic rings. The molecule has 2 rings (SSSR count). The minimum absolute atomic E-state index is 0.0551. The minimum atomic E-state index is -0.966. The molecular formula is C15H15N3O3. The highest BCUT2D eigenvalue weighted by molar-refractivity contribution is 6.05. The molecule has 0 aliphatic carbocycles. The molecule has 0 atom stereocenters. The summed E-state index contributed by atoms with van der Waals surface area (Å²) in [6.45, 7) is 1.94. The number of aryl methyl sites for hydroxylation is 1. The van der Waals surface area contributed by atoms with Crippen molar-refractivity contribution < 1.29 is 14.7 Å². The third-order valence-corrected chi connectivity index (χ3v) is 2.88. The summed E-state index contributed by atoms with van der Waals surface area (Å²) in [7, 11) is 0. The molecule has 2 aromatic rings. The van der Waals surface area contributed by atoms with Crippen molar-refractivity contribution in [3.8, 4) is 0 Å². The normalized spacial score (nSPS) is 10.1. The van der Waals surface area contributed by atoms with Crippen LogP contribution in [0.25, 0.3) is 0 Å². The summed E-state index contributed by atoms with van der Waals surface area (Å²) in [4.78, 5) is 32.7. The van der Waals surface area contributed by atoms with Crippen molar-refractivity contribution in [1.82, 2.24) is 9.97 Å². The third-order valence-electron chi connectivity index (χ3n) is 2.88. The second kappa shape index (κ2) is 6.60. The third kappa shape index (κ3) is 3.85. The molecule has 6 heteroatoms. The fourth-order valence-corrected chi connectivity index (χ4v) is 1.84. The van der Waals surface area contributed by atoms with Gasteiger partial charge in [-0.2, -0.15) is 0 Å². The molecule has 0 radical (unpaired) electrons. The summed E-state index contributed by atoms with van der Waals surface area (Å²) in [5.74, 6) is -0.848. The van der Waals surface area contributed by atoms with Crippen molar-refractivity contribution in [2.45, 2.75) is 13.3 Å².